The molecule has 118 valence electrons. The molecular formula is C18H22ClNO2. The van der Waals surface area contributed by atoms with Gasteiger partial charge in [0.25, 0.3) is 0 Å². The normalized spacial score (nSPS) is 10.5. The Labute approximate surface area is 137 Å². The highest BCUT2D eigenvalue weighted by Crippen LogP contribution is 2.20. The van der Waals surface area contributed by atoms with E-state index in [-0.39, 0.29) is 0 Å². The van der Waals surface area contributed by atoms with Crippen LogP contribution in [0.4, 0.5) is 5.69 Å². The average molecular weight is 320 g/mol. The molecule has 0 aromatic heterocycles. The quantitative estimate of drug-likeness (QED) is 0.673. The van der Waals surface area contributed by atoms with Crippen LogP contribution < -0.4 is 9.64 Å². The van der Waals surface area contributed by atoms with Gasteiger partial charge in [-0.2, -0.15) is 0 Å². The maximum atomic E-state index is 5.87. The van der Waals surface area contributed by atoms with Crippen molar-refractivity contribution in [2.24, 2.45) is 0 Å². The van der Waals surface area contributed by atoms with Gasteiger partial charge in [-0.1, -0.05) is 29.8 Å². The number of likely N-dealkylation sites (N-methyl/N-ethyl adjacent to an activating group) is 1. The summed E-state index contributed by atoms with van der Waals surface area (Å²) in [4.78, 5) is 2.27. The lowest BCUT2D eigenvalue weighted by molar-refractivity contribution is 0.127. The Morgan fingerprint density at radius 2 is 1.86 bits per heavy atom. The molecule has 0 saturated carbocycles. The zero-order valence-corrected chi connectivity index (χ0v) is 13.8. The van der Waals surface area contributed by atoms with Gasteiger partial charge >= 0.3 is 0 Å². The van der Waals surface area contributed by atoms with Crippen LogP contribution in [-0.2, 0) is 11.3 Å². The molecule has 0 bridgehead atoms. The molecule has 0 saturated heterocycles. The van der Waals surface area contributed by atoms with Gasteiger partial charge in [-0.05, 0) is 36.8 Å². The number of anilines is 1. The molecule has 0 aliphatic heterocycles. The van der Waals surface area contributed by atoms with Crippen LogP contribution in [0.1, 0.15) is 12.5 Å². The zero-order chi connectivity index (χ0) is 15.8. The Morgan fingerprint density at radius 3 is 2.55 bits per heavy atom. The number of hydrogen-bond acceptors (Lipinski definition) is 3. The predicted molar refractivity (Wildman–Crippen MR) is 92.0 cm³/mol. The summed E-state index contributed by atoms with van der Waals surface area (Å²) < 4.78 is 11.0. The van der Waals surface area contributed by atoms with Crippen molar-refractivity contribution in [2.45, 2.75) is 13.5 Å². The predicted octanol–water partition coefficient (Wildman–Crippen LogP) is 4.39. The Balaban J connectivity index is 1.82. The molecule has 0 spiro atoms. The van der Waals surface area contributed by atoms with E-state index in [9.17, 15) is 0 Å². The monoisotopic (exact) mass is 319 g/mol. The van der Waals surface area contributed by atoms with Crippen LogP contribution in [-0.4, -0.2) is 26.8 Å². The molecule has 4 heteroatoms. The number of ether oxygens (including phenoxy) is 2. The zero-order valence-electron chi connectivity index (χ0n) is 13.1. The smallest absolute Gasteiger partial charge is 0.120 e. The number of halogens is 1. The van der Waals surface area contributed by atoms with Crippen LogP contribution in [0, 0.1) is 0 Å². The van der Waals surface area contributed by atoms with Gasteiger partial charge in [0, 0.05) is 29.9 Å². The highest BCUT2D eigenvalue weighted by Gasteiger charge is 2.05. The summed E-state index contributed by atoms with van der Waals surface area (Å²) in [6, 6.07) is 15.8. The molecule has 2 aromatic rings. The Bertz CT molecular complexity index is 572. The number of rotatable bonds is 8. The number of benzene rings is 2. The van der Waals surface area contributed by atoms with E-state index in [1.165, 1.54) is 0 Å². The SMILES string of the molecule is CCN(CCOCc1ccc(Cl)cc1)c1cccc(OC)c1. The van der Waals surface area contributed by atoms with Crippen LogP contribution in [0.2, 0.25) is 5.02 Å². The molecule has 0 N–H and O–H groups in total. The van der Waals surface area contributed by atoms with Gasteiger partial charge in [0.15, 0.2) is 0 Å². The van der Waals surface area contributed by atoms with E-state index in [1.54, 1.807) is 7.11 Å². The third kappa shape index (κ3) is 4.93. The second kappa shape index (κ2) is 8.66. The fourth-order valence-corrected chi connectivity index (χ4v) is 2.35. The van der Waals surface area contributed by atoms with Crippen LogP contribution >= 0.6 is 11.6 Å². The number of hydrogen-bond donors (Lipinski definition) is 0. The number of nitrogens with zero attached hydrogens (tertiary/aromatic N) is 1. The third-order valence-corrected chi connectivity index (χ3v) is 3.74. The minimum absolute atomic E-state index is 0.604. The third-order valence-electron chi connectivity index (χ3n) is 3.49. The fraction of sp³-hybridized carbons (Fsp3) is 0.333. The van der Waals surface area contributed by atoms with Crippen LogP contribution in [0.5, 0.6) is 5.75 Å². The van der Waals surface area contributed by atoms with E-state index in [1.807, 2.05) is 42.5 Å². The molecule has 0 amide bonds. The molecule has 0 aliphatic carbocycles. The van der Waals surface area contributed by atoms with Gasteiger partial charge in [-0.25, -0.2) is 0 Å². The Morgan fingerprint density at radius 1 is 1.09 bits per heavy atom. The van der Waals surface area contributed by atoms with E-state index in [0.29, 0.717) is 13.2 Å². The van der Waals surface area contributed by atoms with E-state index in [4.69, 9.17) is 21.1 Å². The van der Waals surface area contributed by atoms with Crippen molar-refractivity contribution in [1.29, 1.82) is 0 Å². The standard InChI is InChI=1S/C18H22ClNO2/c1-3-20(17-5-4-6-18(13-17)21-2)11-12-22-14-15-7-9-16(19)10-8-15/h4-10,13H,3,11-12,14H2,1-2H3. The molecule has 0 aliphatic rings. The minimum Gasteiger partial charge on any atom is -0.497 e. The maximum Gasteiger partial charge on any atom is 0.120 e. The lowest BCUT2D eigenvalue weighted by Crippen LogP contribution is -2.27. The number of methoxy groups -OCH3 is 1. The van der Waals surface area contributed by atoms with Crippen molar-refractivity contribution >= 4 is 17.3 Å². The van der Waals surface area contributed by atoms with E-state index in [0.717, 1.165) is 35.1 Å². The summed E-state index contributed by atoms with van der Waals surface area (Å²) >= 11 is 5.87. The topological polar surface area (TPSA) is 21.7 Å². The molecule has 3 nitrogen and oxygen atoms in total. The van der Waals surface area contributed by atoms with Gasteiger partial charge in [0.1, 0.15) is 5.75 Å². The highest BCUT2D eigenvalue weighted by atomic mass is 35.5. The molecule has 0 unspecified atom stereocenters. The van der Waals surface area contributed by atoms with Crippen molar-refractivity contribution in [3.05, 3.63) is 59.1 Å². The van der Waals surface area contributed by atoms with Crippen molar-refractivity contribution < 1.29 is 9.47 Å². The van der Waals surface area contributed by atoms with Gasteiger partial charge in [0.2, 0.25) is 0 Å². The second-order valence-corrected chi connectivity index (χ2v) is 5.40. The van der Waals surface area contributed by atoms with Crippen molar-refractivity contribution in [3.8, 4) is 5.75 Å². The van der Waals surface area contributed by atoms with Gasteiger partial charge in [-0.3, -0.25) is 0 Å². The molecule has 22 heavy (non-hydrogen) atoms. The van der Waals surface area contributed by atoms with Crippen molar-refractivity contribution in [2.75, 3.05) is 31.7 Å². The molecule has 0 heterocycles. The lowest BCUT2D eigenvalue weighted by atomic mass is 10.2. The van der Waals surface area contributed by atoms with Crippen LogP contribution in [0.15, 0.2) is 48.5 Å². The van der Waals surface area contributed by atoms with Crippen LogP contribution in [0.25, 0.3) is 0 Å². The molecule has 2 rings (SSSR count). The maximum absolute atomic E-state index is 5.87. The van der Waals surface area contributed by atoms with Gasteiger partial charge in [0.05, 0.1) is 20.3 Å². The molecule has 0 fully saturated rings. The van der Waals surface area contributed by atoms with E-state index in [2.05, 4.69) is 17.9 Å². The lowest BCUT2D eigenvalue weighted by Gasteiger charge is -2.23. The van der Waals surface area contributed by atoms with Crippen molar-refractivity contribution in [3.63, 3.8) is 0 Å². The first-order chi connectivity index (χ1) is 10.7. The fourth-order valence-electron chi connectivity index (χ4n) is 2.22. The molecule has 2 aromatic carbocycles. The van der Waals surface area contributed by atoms with Crippen molar-refractivity contribution in [1.82, 2.24) is 0 Å². The summed E-state index contributed by atoms with van der Waals surface area (Å²) in [6.45, 7) is 5.19. The van der Waals surface area contributed by atoms with Gasteiger partial charge in [-0.15, -0.1) is 0 Å². The Hall–Kier alpha value is -1.71. The Kier molecular flexibility index (Phi) is 6.56. The van der Waals surface area contributed by atoms with E-state index < -0.39 is 0 Å². The van der Waals surface area contributed by atoms with Crippen LogP contribution in [0.3, 0.4) is 0 Å². The first-order valence-corrected chi connectivity index (χ1v) is 7.82. The van der Waals surface area contributed by atoms with E-state index >= 15 is 0 Å². The van der Waals surface area contributed by atoms with Gasteiger partial charge < -0.3 is 14.4 Å². The first-order valence-electron chi connectivity index (χ1n) is 7.44. The minimum atomic E-state index is 0.604. The molecule has 0 atom stereocenters. The summed E-state index contributed by atoms with van der Waals surface area (Å²) in [5.41, 5.74) is 2.28. The molecular weight excluding hydrogens is 298 g/mol. The summed E-state index contributed by atoms with van der Waals surface area (Å²) in [5.74, 6) is 0.873. The molecule has 0 radical (unpaired) electrons. The first kappa shape index (κ1) is 16.7. The highest BCUT2D eigenvalue weighted by molar-refractivity contribution is 6.30. The summed E-state index contributed by atoms with van der Waals surface area (Å²) in [6.07, 6.45) is 0. The largest absolute Gasteiger partial charge is 0.497 e. The summed E-state index contributed by atoms with van der Waals surface area (Å²) in [5, 5.41) is 0.749. The second-order valence-electron chi connectivity index (χ2n) is 4.96. The average Bonchev–Trinajstić information content (AvgIpc) is 2.56. The summed E-state index contributed by atoms with van der Waals surface area (Å²) in [7, 11) is 1.69.